The summed E-state index contributed by atoms with van der Waals surface area (Å²) in [6, 6.07) is 12.7. The van der Waals surface area contributed by atoms with Crippen molar-refractivity contribution in [2.24, 2.45) is 0 Å². The van der Waals surface area contributed by atoms with E-state index in [1.165, 1.54) is 11.8 Å². The first kappa shape index (κ1) is 31.6. The van der Waals surface area contributed by atoms with E-state index in [0.717, 1.165) is 11.1 Å². The molecule has 0 bridgehead atoms. The first-order valence-corrected chi connectivity index (χ1v) is 14.2. The van der Waals surface area contributed by atoms with Crippen LogP contribution in [0.25, 0.3) is 0 Å². The molecule has 1 aliphatic heterocycles. The first-order valence-electron chi connectivity index (χ1n) is 12.5. The number of carbonyl (C=O) groups is 1. The Labute approximate surface area is 236 Å². The Kier molecular flexibility index (Phi) is 11.9. The van der Waals surface area contributed by atoms with Crippen LogP contribution in [-0.2, 0) is 16.0 Å². The lowest BCUT2D eigenvalue weighted by atomic mass is 9.92. The monoisotopic (exact) mass is 585 g/mol. The molecule has 0 saturated carbocycles. The Bertz CT molecular complexity index is 1060. The third-order valence-corrected chi connectivity index (χ3v) is 7.87. The highest BCUT2D eigenvalue weighted by Crippen LogP contribution is 2.37. The number of nitrogens with one attached hydrogen (secondary N) is 1. The molecule has 1 heterocycles. The van der Waals surface area contributed by atoms with E-state index in [-0.39, 0.29) is 13.0 Å². The van der Waals surface area contributed by atoms with Crippen molar-refractivity contribution in [2.75, 3.05) is 32.7 Å². The number of aliphatic hydroxyl groups is 6. The molecule has 12 heteroatoms. The van der Waals surface area contributed by atoms with Crippen LogP contribution in [-0.4, -0.2) is 98.5 Å². The quantitative estimate of drug-likeness (QED) is 0.167. The van der Waals surface area contributed by atoms with Crippen molar-refractivity contribution >= 4 is 29.3 Å². The maximum Gasteiger partial charge on any atom is 0.220 e. The zero-order valence-corrected chi connectivity index (χ0v) is 23.1. The second-order valence-electron chi connectivity index (χ2n) is 9.56. The first-order chi connectivity index (χ1) is 18.7. The molecular weight excluding hydrogens is 550 g/mol. The fourth-order valence-electron chi connectivity index (χ4n) is 4.20. The van der Waals surface area contributed by atoms with Gasteiger partial charge in [0.1, 0.15) is 41.1 Å². The number of aliphatic hydroxyl groups excluding tert-OH is 6. The standard InChI is InChI=1S/C27H36ClNO9S/c1-39-26-24(36)22(34)23(35)25(38-26)17-6-9-20(28)18(12-17)11-16-4-7-19(8-5-16)37-10-2-3-21(33)29-27(13-30,14-31)15-32/h4-9,12,22-26,30-32,34-36H,2-3,10-11,13-15H2,1H3,(H,29,33)/t22-,23-,24+,25+,26-/m1/s1. The molecule has 1 saturated heterocycles. The van der Waals surface area contributed by atoms with Gasteiger partial charge in [-0.3, -0.25) is 4.79 Å². The molecule has 0 aliphatic carbocycles. The van der Waals surface area contributed by atoms with Gasteiger partial charge >= 0.3 is 0 Å². The number of rotatable bonds is 13. The van der Waals surface area contributed by atoms with E-state index in [2.05, 4.69) is 5.32 Å². The van der Waals surface area contributed by atoms with Gasteiger partial charge in [-0.2, -0.15) is 0 Å². The highest BCUT2D eigenvalue weighted by Gasteiger charge is 2.44. The SMILES string of the molecule is CS[C@H]1O[C@@H](c2ccc(Cl)c(Cc3ccc(OCCCC(=O)NC(CO)(CO)CO)cc3)c2)[C@H](O)[C@@H](O)[C@@H]1O. The van der Waals surface area contributed by atoms with E-state index < -0.39 is 61.1 Å². The summed E-state index contributed by atoms with van der Waals surface area (Å²) in [6.07, 6.45) is -1.89. The summed E-state index contributed by atoms with van der Waals surface area (Å²) in [4.78, 5) is 12.0. The number of hydrogen-bond donors (Lipinski definition) is 7. The van der Waals surface area contributed by atoms with Gasteiger partial charge in [0.15, 0.2) is 0 Å². The molecule has 0 aromatic heterocycles. The van der Waals surface area contributed by atoms with Crippen molar-refractivity contribution in [1.82, 2.24) is 5.32 Å². The summed E-state index contributed by atoms with van der Waals surface area (Å²) in [5, 5.41) is 61.8. The molecule has 1 aliphatic rings. The summed E-state index contributed by atoms with van der Waals surface area (Å²) in [5.41, 5.74) is 0.280. The Hall–Kier alpha value is -1.93. The second-order valence-corrected chi connectivity index (χ2v) is 10.9. The number of halogens is 1. The summed E-state index contributed by atoms with van der Waals surface area (Å²) < 4.78 is 11.6. The van der Waals surface area contributed by atoms with E-state index in [4.69, 9.17) is 21.1 Å². The van der Waals surface area contributed by atoms with E-state index in [1.54, 1.807) is 30.5 Å². The summed E-state index contributed by atoms with van der Waals surface area (Å²) in [7, 11) is 0. The van der Waals surface area contributed by atoms with Crippen molar-refractivity contribution in [3.63, 3.8) is 0 Å². The van der Waals surface area contributed by atoms with Gasteiger partial charge in [0.05, 0.1) is 26.4 Å². The van der Waals surface area contributed by atoms with Gasteiger partial charge in [-0.25, -0.2) is 0 Å². The molecule has 5 atom stereocenters. The van der Waals surface area contributed by atoms with E-state index >= 15 is 0 Å². The molecule has 216 valence electrons. The molecule has 1 fully saturated rings. The summed E-state index contributed by atoms with van der Waals surface area (Å²) >= 11 is 7.70. The maximum absolute atomic E-state index is 12.0. The Morgan fingerprint density at radius 2 is 1.69 bits per heavy atom. The average molecular weight is 586 g/mol. The molecule has 1 amide bonds. The maximum atomic E-state index is 12.0. The molecule has 0 unspecified atom stereocenters. The van der Waals surface area contributed by atoms with Gasteiger partial charge in [-0.15, -0.1) is 11.8 Å². The number of thioether (sulfide) groups is 1. The number of benzene rings is 2. The zero-order chi connectivity index (χ0) is 28.6. The van der Waals surface area contributed by atoms with Crippen molar-refractivity contribution in [3.05, 3.63) is 64.2 Å². The van der Waals surface area contributed by atoms with E-state index in [0.29, 0.717) is 29.2 Å². The molecular formula is C27H36ClNO9S. The number of amides is 1. The largest absolute Gasteiger partial charge is 0.494 e. The lowest BCUT2D eigenvalue weighted by Crippen LogP contribution is -2.57. The van der Waals surface area contributed by atoms with Gasteiger partial charge in [0, 0.05) is 11.4 Å². The van der Waals surface area contributed by atoms with Crippen LogP contribution in [0.4, 0.5) is 0 Å². The minimum Gasteiger partial charge on any atom is -0.494 e. The lowest BCUT2D eigenvalue weighted by molar-refractivity contribution is -0.200. The van der Waals surface area contributed by atoms with Crippen LogP contribution < -0.4 is 10.1 Å². The highest BCUT2D eigenvalue weighted by molar-refractivity contribution is 7.99. The minimum absolute atomic E-state index is 0.0990. The Balaban J connectivity index is 1.55. The molecule has 39 heavy (non-hydrogen) atoms. The molecule has 0 spiro atoms. The highest BCUT2D eigenvalue weighted by atomic mass is 35.5. The molecule has 2 aromatic carbocycles. The van der Waals surface area contributed by atoms with Gasteiger partial charge in [-0.1, -0.05) is 35.9 Å². The molecule has 7 N–H and O–H groups in total. The third kappa shape index (κ3) is 8.06. The predicted molar refractivity (Wildman–Crippen MR) is 147 cm³/mol. The molecule has 2 aromatic rings. The van der Waals surface area contributed by atoms with Crippen LogP contribution in [0.15, 0.2) is 42.5 Å². The van der Waals surface area contributed by atoms with Gasteiger partial charge in [0.25, 0.3) is 0 Å². The lowest BCUT2D eigenvalue weighted by Gasteiger charge is -2.40. The molecule has 0 radical (unpaired) electrons. The van der Waals surface area contributed by atoms with Crippen LogP contribution >= 0.6 is 23.4 Å². The Morgan fingerprint density at radius 3 is 2.31 bits per heavy atom. The summed E-state index contributed by atoms with van der Waals surface area (Å²) in [5.74, 6) is 0.204. The van der Waals surface area contributed by atoms with Crippen LogP contribution in [0.2, 0.25) is 5.02 Å². The zero-order valence-electron chi connectivity index (χ0n) is 21.6. The van der Waals surface area contributed by atoms with Crippen molar-refractivity contribution in [1.29, 1.82) is 0 Å². The second kappa shape index (κ2) is 14.6. The van der Waals surface area contributed by atoms with Crippen molar-refractivity contribution in [2.45, 2.75) is 54.7 Å². The number of carbonyl (C=O) groups excluding carboxylic acids is 1. The van der Waals surface area contributed by atoms with Gasteiger partial charge < -0.3 is 45.4 Å². The minimum atomic E-state index is -1.44. The summed E-state index contributed by atoms with van der Waals surface area (Å²) in [6.45, 7) is -1.46. The molecule has 3 rings (SSSR count). The van der Waals surface area contributed by atoms with Crippen molar-refractivity contribution < 1.29 is 44.9 Å². The topological polar surface area (TPSA) is 169 Å². The predicted octanol–water partition coefficient (Wildman–Crippen LogP) is 0.765. The smallest absolute Gasteiger partial charge is 0.220 e. The molecule has 10 nitrogen and oxygen atoms in total. The third-order valence-electron chi connectivity index (χ3n) is 6.65. The van der Waals surface area contributed by atoms with Crippen LogP contribution in [0, 0.1) is 0 Å². The van der Waals surface area contributed by atoms with Crippen LogP contribution in [0.5, 0.6) is 5.75 Å². The number of hydrogen-bond acceptors (Lipinski definition) is 10. The normalized spacial score (nSPS) is 23.4. The fraction of sp³-hybridized carbons (Fsp3) is 0.519. The fourth-order valence-corrected chi connectivity index (χ4v) is 5.05. The van der Waals surface area contributed by atoms with Crippen molar-refractivity contribution in [3.8, 4) is 5.75 Å². The van der Waals surface area contributed by atoms with E-state index in [9.17, 15) is 35.4 Å². The van der Waals surface area contributed by atoms with Gasteiger partial charge in [0.2, 0.25) is 5.91 Å². The average Bonchev–Trinajstić information content (AvgIpc) is 2.95. The number of ether oxygens (including phenoxy) is 2. The van der Waals surface area contributed by atoms with Gasteiger partial charge in [-0.05, 0) is 54.0 Å². The van der Waals surface area contributed by atoms with Crippen LogP contribution in [0.1, 0.15) is 35.6 Å². The Morgan fingerprint density at radius 1 is 1.03 bits per heavy atom. The van der Waals surface area contributed by atoms with Crippen LogP contribution in [0.3, 0.4) is 0 Å². The van der Waals surface area contributed by atoms with E-state index in [1.807, 2.05) is 18.2 Å².